The van der Waals surface area contributed by atoms with Crippen LogP contribution in [0.3, 0.4) is 0 Å². The van der Waals surface area contributed by atoms with Gasteiger partial charge in [-0.2, -0.15) is 21.8 Å². The second kappa shape index (κ2) is 18.8. The Labute approximate surface area is 350 Å². The molecule has 0 N–H and O–H groups in total. The van der Waals surface area contributed by atoms with Crippen LogP contribution < -0.4 is 9.80 Å². The van der Waals surface area contributed by atoms with E-state index in [0.29, 0.717) is 46.4 Å². The van der Waals surface area contributed by atoms with Crippen molar-refractivity contribution in [3.8, 4) is 0 Å². The first-order chi connectivity index (χ1) is 28.5. The Balaban J connectivity index is 1.07. The van der Waals surface area contributed by atoms with Crippen LogP contribution in [0.15, 0.2) is 95.2 Å². The molecule has 60 heavy (non-hydrogen) atoms. The molecule has 0 saturated carbocycles. The van der Waals surface area contributed by atoms with Crippen molar-refractivity contribution < 1.29 is 38.8 Å². The van der Waals surface area contributed by atoms with Crippen molar-refractivity contribution in [3.05, 3.63) is 108 Å². The maximum Gasteiger partial charge on any atom is 0.409 e. The fourth-order valence-corrected chi connectivity index (χ4v) is 12.1. The van der Waals surface area contributed by atoms with Crippen LogP contribution in [0, 0.1) is 29.4 Å². The molecule has 10 nitrogen and oxygen atoms in total. The van der Waals surface area contributed by atoms with E-state index in [2.05, 4.69) is 21.8 Å². The van der Waals surface area contributed by atoms with Crippen molar-refractivity contribution in [2.24, 2.45) is 17.8 Å². The summed E-state index contributed by atoms with van der Waals surface area (Å²) >= 11 is 0. The van der Waals surface area contributed by atoms with Gasteiger partial charge in [-0.1, -0.05) is 51.5 Å². The number of nitrogens with zero attached hydrogens (tertiary/aromatic N) is 6. The monoisotopic (exact) mass is 876 g/mol. The van der Waals surface area contributed by atoms with Crippen molar-refractivity contribution in [1.82, 2.24) is 18.6 Å². The minimum atomic E-state index is -4.96. The zero-order valence-electron chi connectivity index (χ0n) is 34.3. The lowest BCUT2D eigenvalue weighted by atomic mass is 9.83. The molecule has 2 aromatic carbocycles. The number of rotatable bonds is 17. The first-order valence-electron chi connectivity index (χ1n) is 20.5. The standard InChI is InChI=1S/C43H53F5N6O4S2/c1-5-32(9-8-31-18-20-51(28-31)38-22-40(26-49-24-38)59(55,56)53(6-2)30(4)33-10-14-36(44)15-11-33)35-19-21-52(29-35)39-23-41(27-50-25-39)60(57,58)54(7-3)42(43(46,47)48)34-12-16-37(45)17-13-34/h10-17,22-27,30-32,35,42H,5-9,18-21,28-29H2,1-4H3/t30-,31?,32?,35?,42-/m1/s1. The van der Waals surface area contributed by atoms with E-state index in [4.69, 9.17) is 0 Å². The molecule has 2 aromatic heterocycles. The highest BCUT2D eigenvalue weighted by molar-refractivity contribution is 7.89. The lowest BCUT2D eigenvalue weighted by molar-refractivity contribution is -0.173. The van der Waals surface area contributed by atoms with Crippen LogP contribution in [0.25, 0.3) is 0 Å². The highest BCUT2D eigenvalue weighted by Crippen LogP contribution is 2.42. The molecular weight excluding hydrogens is 824 g/mol. The van der Waals surface area contributed by atoms with Gasteiger partial charge in [-0.25, -0.2) is 25.6 Å². The molecule has 6 rings (SSSR count). The predicted molar refractivity (Wildman–Crippen MR) is 221 cm³/mol. The fraction of sp³-hybridized carbons (Fsp3) is 0.488. The average molecular weight is 877 g/mol. The van der Waals surface area contributed by atoms with E-state index in [1.165, 1.54) is 41.8 Å². The van der Waals surface area contributed by atoms with Crippen molar-refractivity contribution >= 4 is 31.4 Å². The second-order valence-electron chi connectivity index (χ2n) is 15.7. The molecule has 0 aliphatic carbocycles. The molecule has 2 saturated heterocycles. The Morgan fingerprint density at radius 1 is 0.717 bits per heavy atom. The summed E-state index contributed by atoms with van der Waals surface area (Å²) in [6.07, 6.45) is 5.42. The summed E-state index contributed by atoms with van der Waals surface area (Å²) in [6.45, 7) is 9.63. The Morgan fingerprint density at radius 2 is 1.22 bits per heavy atom. The molecule has 0 amide bonds. The average Bonchev–Trinajstić information content (AvgIpc) is 3.92. The molecule has 0 bridgehead atoms. The van der Waals surface area contributed by atoms with Gasteiger partial charge in [-0.15, -0.1) is 0 Å². The van der Waals surface area contributed by atoms with Gasteiger partial charge in [-0.05, 0) is 97.9 Å². The summed E-state index contributed by atoms with van der Waals surface area (Å²) in [7, 11) is -8.58. The SMILES string of the molecule is CCC(CCC1CCN(c2cncc(S(=O)(=O)N(CC)[C@H](C)c3ccc(F)cc3)c2)C1)C1CCN(c2cncc(S(=O)(=O)N(CC)[C@H](c3ccc(F)cc3)C(F)(F)F)c2)C1. The van der Waals surface area contributed by atoms with E-state index < -0.39 is 50.7 Å². The quantitative estimate of drug-likeness (QED) is 0.0969. The van der Waals surface area contributed by atoms with Gasteiger partial charge in [0.1, 0.15) is 27.5 Å². The largest absolute Gasteiger partial charge is 0.409 e. The van der Waals surface area contributed by atoms with Crippen LogP contribution in [-0.2, 0) is 20.0 Å². The molecular formula is C43H53F5N6O4S2. The third kappa shape index (κ3) is 9.95. The molecule has 2 aliphatic rings. The summed E-state index contributed by atoms with van der Waals surface area (Å²) in [4.78, 5) is 12.4. The minimum Gasteiger partial charge on any atom is -0.370 e. The number of alkyl halides is 3. The number of aromatic nitrogens is 2. The lowest BCUT2D eigenvalue weighted by Crippen LogP contribution is -2.42. The lowest BCUT2D eigenvalue weighted by Gasteiger charge is -2.32. The maximum absolute atomic E-state index is 14.4. The van der Waals surface area contributed by atoms with Crippen molar-refractivity contribution in [3.63, 3.8) is 0 Å². The molecule has 0 spiro atoms. The number of pyridine rings is 2. The van der Waals surface area contributed by atoms with E-state index in [1.54, 1.807) is 38.2 Å². The van der Waals surface area contributed by atoms with E-state index in [1.807, 2.05) is 4.90 Å². The summed E-state index contributed by atoms with van der Waals surface area (Å²) in [5.74, 6) is -0.0204. The fourth-order valence-electron chi connectivity index (χ4n) is 8.86. The Kier molecular flexibility index (Phi) is 14.2. The van der Waals surface area contributed by atoms with Gasteiger partial charge in [0.2, 0.25) is 20.0 Å². The van der Waals surface area contributed by atoms with E-state index in [9.17, 15) is 38.8 Å². The zero-order valence-corrected chi connectivity index (χ0v) is 35.9. The van der Waals surface area contributed by atoms with Gasteiger partial charge < -0.3 is 9.80 Å². The highest BCUT2D eigenvalue weighted by atomic mass is 32.2. The molecule has 0 radical (unpaired) electrons. The van der Waals surface area contributed by atoms with E-state index in [-0.39, 0.29) is 27.7 Å². The van der Waals surface area contributed by atoms with Gasteiger partial charge in [0.15, 0.2) is 0 Å². The third-order valence-electron chi connectivity index (χ3n) is 12.2. The zero-order chi connectivity index (χ0) is 43.4. The van der Waals surface area contributed by atoms with Crippen LogP contribution in [0.4, 0.5) is 33.3 Å². The molecule has 3 unspecified atom stereocenters. The minimum absolute atomic E-state index is 0.104. The molecule has 4 heterocycles. The van der Waals surface area contributed by atoms with Gasteiger partial charge in [0, 0.05) is 57.7 Å². The number of halogens is 5. The van der Waals surface area contributed by atoms with Crippen LogP contribution in [0.1, 0.15) is 83.0 Å². The van der Waals surface area contributed by atoms with Gasteiger partial charge in [0.05, 0.1) is 23.8 Å². The van der Waals surface area contributed by atoms with E-state index >= 15 is 0 Å². The molecule has 4 aromatic rings. The van der Waals surface area contributed by atoms with Gasteiger partial charge in [-0.3, -0.25) is 9.97 Å². The van der Waals surface area contributed by atoms with Gasteiger partial charge in [0.25, 0.3) is 0 Å². The number of hydrogen-bond donors (Lipinski definition) is 0. The summed E-state index contributed by atoms with van der Waals surface area (Å²) in [6, 6.07) is 9.53. The first-order valence-corrected chi connectivity index (χ1v) is 23.4. The number of hydrogen-bond acceptors (Lipinski definition) is 8. The Bertz CT molecular complexity index is 2280. The molecule has 326 valence electrons. The maximum atomic E-state index is 14.4. The summed E-state index contributed by atoms with van der Waals surface area (Å²) < 4.78 is 128. The van der Waals surface area contributed by atoms with Crippen LogP contribution in [0.2, 0.25) is 0 Å². The molecule has 2 aliphatic heterocycles. The second-order valence-corrected chi connectivity index (χ2v) is 19.5. The van der Waals surface area contributed by atoms with Gasteiger partial charge >= 0.3 is 6.18 Å². The Morgan fingerprint density at radius 3 is 1.73 bits per heavy atom. The van der Waals surface area contributed by atoms with Crippen LogP contribution in [-0.4, -0.2) is 80.9 Å². The van der Waals surface area contributed by atoms with Crippen molar-refractivity contribution in [2.45, 2.75) is 87.9 Å². The van der Waals surface area contributed by atoms with E-state index in [0.717, 1.165) is 81.3 Å². The number of anilines is 2. The molecule has 5 atom stereocenters. The first kappa shape index (κ1) is 45.3. The summed E-state index contributed by atoms with van der Waals surface area (Å²) in [5, 5.41) is 0. The smallest absolute Gasteiger partial charge is 0.370 e. The third-order valence-corrected chi connectivity index (χ3v) is 16.1. The number of benzene rings is 2. The predicted octanol–water partition coefficient (Wildman–Crippen LogP) is 9.00. The molecule has 17 heteroatoms. The van der Waals surface area contributed by atoms with Crippen molar-refractivity contribution in [1.29, 1.82) is 0 Å². The van der Waals surface area contributed by atoms with Crippen molar-refractivity contribution in [2.75, 3.05) is 49.1 Å². The highest BCUT2D eigenvalue weighted by Gasteiger charge is 2.49. The number of sulfonamides is 2. The molecule has 2 fully saturated rings. The van der Waals surface area contributed by atoms with Crippen LogP contribution >= 0.6 is 0 Å². The van der Waals surface area contributed by atoms with Crippen LogP contribution in [0.5, 0.6) is 0 Å². The topological polar surface area (TPSA) is 107 Å². The summed E-state index contributed by atoms with van der Waals surface area (Å²) in [5.41, 5.74) is 1.56. The normalized spacial score (nSPS) is 19.3. The Hall–Kier alpha value is -4.19.